The largest absolute Gasteiger partial charge is 0.303 e. The van der Waals surface area contributed by atoms with E-state index in [0.29, 0.717) is 0 Å². The fourth-order valence-corrected chi connectivity index (χ4v) is 1.70. The van der Waals surface area contributed by atoms with Crippen molar-refractivity contribution in [2.45, 2.75) is 65.2 Å². The second-order valence-corrected chi connectivity index (χ2v) is 4.56. The molecule has 0 aromatic heterocycles. The summed E-state index contributed by atoms with van der Waals surface area (Å²) in [7, 11) is 0. The predicted octanol–water partition coefficient (Wildman–Crippen LogP) is 5.07. The summed E-state index contributed by atoms with van der Waals surface area (Å²) in [5, 5.41) is 0. The van der Waals surface area contributed by atoms with Gasteiger partial charge in [0.15, 0.2) is 0 Å². The molecular formula is C16H28O. The monoisotopic (exact) mass is 236 g/mol. The number of rotatable bonds is 11. The van der Waals surface area contributed by atoms with Gasteiger partial charge in [0.05, 0.1) is 0 Å². The molecule has 0 N–H and O–H groups in total. The van der Waals surface area contributed by atoms with Gasteiger partial charge in [-0.15, -0.1) is 0 Å². The van der Waals surface area contributed by atoms with E-state index < -0.39 is 0 Å². The van der Waals surface area contributed by atoms with Crippen molar-refractivity contribution in [1.29, 1.82) is 0 Å². The SMILES string of the molecule is CCCCCC=CCC=CCCC(C=O)CC. The molecule has 0 heterocycles. The number of hydrogen-bond acceptors (Lipinski definition) is 1. The highest BCUT2D eigenvalue weighted by molar-refractivity contribution is 5.53. The Bertz CT molecular complexity index is 216. The lowest BCUT2D eigenvalue weighted by Gasteiger charge is -2.02. The molecule has 0 radical (unpaired) electrons. The topological polar surface area (TPSA) is 17.1 Å². The third kappa shape index (κ3) is 11.4. The summed E-state index contributed by atoms with van der Waals surface area (Å²) in [4.78, 5) is 10.6. The van der Waals surface area contributed by atoms with E-state index in [0.717, 1.165) is 32.0 Å². The number of hydrogen-bond donors (Lipinski definition) is 0. The molecule has 0 aliphatic carbocycles. The Labute approximate surface area is 107 Å². The summed E-state index contributed by atoms with van der Waals surface area (Å²) in [5.74, 6) is 0.254. The number of unbranched alkanes of at least 4 members (excludes halogenated alkanes) is 3. The molecule has 0 aromatic carbocycles. The first-order valence-electron chi connectivity index (χ1n) is 7.10. The Morgan fingerprint density at radius 1 is 0.941 bits per heavy atom. The van der Waals surface area contributed by atoms with Crippen LogP contribution in [-0.2, 0) is 4.79 Å². The van der Waals surface area contributed by atoms with Crippen molar-refractivity contribution in [3.05, 3.63) is 24.3 Å². The van der Waals surface area contributed by atoms with Crippen LogP contribution in [0.5, 0.6) is 0 Å². The van der Waals surface area contributed by atoms with Gasteiger partial charge in [-0.3, -0.25) is 0 Å². The Balaban J connectivity index is 3.38. The fourth-order valence-electron chi connectivity index (χ4n) is 1.70. The first-order valence-corrected chi connectivity index (χ1v) is 7.10. The fraction of sp³-hybridized carbons (Fsp3) is 0.688. The molecule has 0 saturated heterocycles. The Morgan fingerprint density at radius 2 is 1.65 bits per heavy atom. The second kappa shape index (κ2) is 13.2. The summed E-state index contributed by atoms with van der Waals surface area (Å²) in [6.07, 6.45) is 19.2. The summed E-state index contributed by atoms with van der Waals surface area (Å²) in [6.45, 7) is 4.30. The van der Waals surface area contributed by atoms with E-state index in [2.05, 4.69) is 38.2 Å². The van der Waals surface area contributed by atoms with Gasteiger partial charge in [0.25, 0.3) is 0 Å². The molecule has 17 heavy (non-hydrogen) atoms. The average Bonchev–Trinajstić information content (AvgIpc) is 2.36. The zero-order chi connectivity index (χ0) is 12.8. The molecule has 0 fully saturated rings. The highest BCUT2D eigenvalue weighted by Crippen LogP contribution is 2.08. The molecule has 1 nitrogen and oxygen atoms in total. The summed E-state index contributed by atoms with van der Waals surface area (Å²) in [5.41, 5.74) is 0. The van der Waals surface area contributed by atoms with Gasteiger partial charge < -0.3 is 4.79 Å². The van der Waals surface area contributed by atoms with Crippen molar-refractivity contribution < 1.29 is 4.79 Å². The van der Waals surface area contributed by atoms with E-state index >= 15 is 0 Å². The van der Waals surface area contributed by atoms with Crippen LogP contribution in [-0.4, -0.2) is 6.29 Å². The molecule has 0 aliphatic rings. The summed E-state index contributed by atoms with van der Waals surface area (Å²) >= 11 is 0. The molecule has 0 amide bonds. The van der Waals surface area contributed by atoms with Gasteiger partial charge in [0, 0.05) is 5.92 Å². The first-order chi connectivity index (χ1) is 8.35. The van der Waals surface area contributed by atoms with Gasteiger partial charge in [0.2, 0.25) is 0 Å². The van der Waals surface area contributed by atoms with Crippen LogP contribution in [0.1, 0.15) is 65.2 Å². The number of aldehydes is 1. The maximum atomic E-state index is 10.6. The third-order valence-corrected chi connectivity index (χ3v) is 3.00. The molecule has 0 aromatic rings. The van der Waals surface area contributed by atoms with E-state index in [1.54, 1.807) is 0 Å². The van der Waals surface area contributed by atoms with E-state index in [-0.39, 0.29) is 5.92 Å². The van der Waals surface area contributed by atoms with Crippen LogP contribution >= 0.6 is 0 Å². The van der Waals surface area contributed by atoms with Crippen LogP contribution < -0.4 is 0 Å². The Kier molecular flexibility index (Phi) is 12.6. The van der Waals surface area contributed by atoms with Crippen LogP contribution in [0.4, 0.5) is 0 Å². The standard InChI is InChI=1S/C16H28O/c1-3-5-6-7-8-9-10-11-12-13-14-16(4-2)15-17/h8-9,11-12,15-16H,3-7,10,13-14H2,1-2H3. The van der Waals surface area contributed by atoms with Gasteiger partial charge in [-0.05, 0) is 38.5 Å². The van der Waals surface area contributed by atoms with Gasteiger partial charge >= 0.3 is 0 Å². The minimum atomic E-state index is 0.254. The van der Waals surface area contributed by atoms with E-state index in [1.165, 1.54) is 25.7 Å². The average molecular weight is 236 g/mol. The molecular weight excluding hydrogens is 208 g/mol. The molecule has 1 unspecified atom stereocenters. The van der Waals surface area contributed by atoms with Crippen LogP contribution in [0.15, 0.2) is 24.3 Å². The van der Waals surface area contributed by atoms with Crippen molar-refractivity contribution >= 4 is 6.29 Å². The summed E-state index contributed by atoms with van der Waals surface area (Å²) < 4.78 is 0. The second-order valence-electron chi connectivity index (χ2n) is 4.56. The van der Waals surface area contributed by atoms with Crippen molar-refractivity contribution in [3.63, 3.8) is 0 Å². The van der Waals surface area contributed by atoms with E-state index in [4.69, 9.17) is 0 Å². The highest BCUT2D eigenvalue weighted by atomic mass is 16.1. The molecule has 0 rings (SSSR count). The van der Waals surface area contributed by atoms with Crippen LogP contribution in [0.3, 0.4) is 0 Å². The smallest absolute Gasteiger partial charge is 0.123 e. The van der Waals surface area contributed by atoms with Gasteiger partial charge in [-0.2, -0.15) is 0 Å². The Morgan fingerprint density at radius 3 is 2.24 bits per heavy atom. The van der Waals surface area contributed by atoms with Crippen LogP contribution in [0.2, 0.25) is 0 Å². The molecule has 0 spiro atoms. The quantitative estimate of drug-likeness (QED) is 0.278. The van der Waals surface area contributed by atoms with Crippen molar-refractivity contribution in [2.24, 2.45) is 5.92 Å². The van der Waals surface area contributed by atoms with Gasteiger partial charge in [-0.1, -0.05) is 51.0 Å². The van der Waals surface area contributed by atoms with Crippen molar-refractivity contribution in [2.75, 3.05) is 0 Å². The van der Waals surface area contributed by atoms with Gasteiger partial charge in [-0.25, -0.2) is 0 Å². The number of carbonyl (C=O) groups excluding carboxylic acids is 1. The number of carbonyl (C=O) groups is 1. The first kappa shape index (κ1) is 16.1. The minimum absolute atomic E-state index is 0.254. The third-order valence-electron chi connectivity index (χ3n) is 3.00. The van der Waals surface area contributed by atoms with Crippen molar-refractivity contribution in [3.8, 4) is 0 Å². The lowest BCUT2D eigenvalue weighted by molar-refractivity contribution is -0.111. The van der Waals surface area contributed by atoms with Gasteiger partial charge in [0.1, 0.15) is 6.29 Å². The van der Waals surface area contributed by atoms with E-state index in [9.17, 15) is 4.79 Å². The number of allylic oxidation sites excluding steroid dienone is 4. The lowest BCUT2D eigenvalue weighted by atomic mass is 10.0. The highest BCUT2D eigenvalue weighted by Gasteiger charge is 2.00. The molecule has 0 saturated carbocycles. The van der Waals surface area contributed by atoms with E-state index in [1.807, 2.05) is 0 Å². The molecule has 1 atom stereocenters. The summed E-state index contributed by atoms with van der Waals surface area (Å²) in [6, 6.07) is 0. The zero-order valence-corrected chi connectivity index (χ0v) is 11.5. The Hall–Kier alpha value is -0.850. The lowest BCUT2D eigenvalue weighted by Crippen LogP contribution is -1.98. The van der Waals surface area contributed by atoms with Crippen molar-refractivity contribution in [1.82, 2.24) is 0 Å². The molecule has 0 bridgehead atoms. The van der Waals surface area contributed by atoms with Crippen LogP contribution in [0, 0.1) is 5.92 Å². The maximum Gasteiger partial charge on any atom is 0.123 e. The molecule has 98 valence electrons. The normalized spacial score (nSPS) is 13.5. The maximum absolute atomic E-state index is 10.6. The molecule has 1 heteroatoms. The van der Waals surface area contributed by atoms with Crippen LogP contribution in [0.25, 0.3) is 0 Å². The zero-order valence-electron chi connectivity index (χ0n) is 11.5. The predicted molar refractivity (Wildman–Crippen MR) is 76.1 cm³/mol. The molecule has 0 aliphatic heterocycles. The minimum Gasteiger partial charge on any atom is -0.303 e.